The van der Waals surface area contributed by atoms with Gasteiger partial charge in [-0.1, -0.05) is 18.5 Å². The number of carbonyl (C=O) groups excluding carboxylic acids is 1. The fraction of sp³-hybridized carbons (Fsp3) is 0.462. The van der Waals surface area contributed by atoms with Gasteiger partial charge in [0.05, 0.1) is 10.6 Å². The molecule has 0 radical (unpaired) electrons. The molecule has 1 aliphatic heterocycles. The van der Waals surface area contributed by atoms with E-state index < -0.39 is 11.4 Å². The lowest BCUT2D eigenvalue weighted by Gasteiger charge is -2.26. The predicted octanol–water partition coefficient (Wildman–Crippen LogP) is 3.37. The van der Waals surface area contributed by atoms with E-state index in [9.17, 15) is 9.18 Å². The Labute approximate surface area is 123 Å². The van der Waals surface area contributed by atoms with Gasteiger partial charge < -0.3 is 10.6 Å². The number of nitrogens with one attached hydrogen (secondary N) is 2. The lowest BCUT2D eigenvalue weighted by molar-refractivity contribution is -0.122. The minimum Gasteiger partial charge on any atom is -0.324 e. The zero-order valence-corrected chi connectivity index (χ0v) is 12.2. The second-order valence-electron chi connectivity index (χ2n) is 4.55. The molecule has 1 aromatic rings. The van der Waals surface area contributed by atoms with E-state index in [0.717, 1.165) is 25.8 Å². The Balaban J connectivity index is 0.00000180. The van der Waals surface area contributed by atoms with Gasteiger partial charge >= 0.3 is 0 Å². The standard InChI is InChI=1S/C13H16ClFN2O.ClH/c1-2-13(6-3-7-16-13)12(18)17-9-4-5-11(15)10(14)8-9;/h4-5,8,16H,2-3,6-7H2,1H3,(H,17,18);1H. The zero-order chi connectivity index (χ0) is 13.2. The summed E-state index contributed by atoms with van der Waals surface area (Å²) in [6.45, 7) is 2.83. The number of benzene rings is 1. The Hall–Kier alpha value is -0.840. The molecule has 19 heavy (non-hydrogen) atoms. The monoisotopic (exact) mass is 306 g/mol. The number of carbonyl (C=O) groups is 1. The van der Waals surface area contributed by atoms with E-state index in [1.807, 2.05) is 6.92 Å². The second-order valence-corrected chi connectivity index (χ2v) is 4.96. The van der Waals surface area contributed by atoms with Gasteiger partial charge in [-0.25, -0.2) is 4.39 Å². The van der Waals surface area contributed by atoms with E-state index in [-0.39, 0.29) is 23.3 Å². The van der Waals surface area contributed by atoms with Crippen molar-refractivity contribution in [2.45, 2.75) is 31.7 Å². The maximum Gasteiger partial charge on any atom is 0.244 e. The highest BCUT2D eigenvalue weighted by Gasteiger charge is 2.39. The average molecular weight is 307 g/mol. The number of halogens is 3. The van der Waals surface area contributed by atoms with E-state index in [4.69, 9.17) is 11.6 Å². The highest BCUT2D eigenvalue weighted by molar-refractivity contribution is 6.31. The summed E-state index contributed by atoms with van der Waals surface area (Å²) in [6, 6.07) is 4.18. The molecule has 106 valence electrons. The zero-order valence-electron chi connectivity index (χ0n) is 10.6. The molecule has 3 nitrogen and oxygen atoms in total. The predicted molar refractivity (Wildman–Crippen MR) is 77.5 cm³/mol. The first-order chi connectivity index (χ1) is 8.57. The smallest absolute Gasteiger partial charge is 0.244 e. The van der Waals surface area contributed by atoms with Crippen LogP contribution in [0.3, 0.4) is 0 Å². The molecule has 2 rings (SSSR count). The van der Waals surface area contributed by atoms with Crippen molar-refractivity contribution in [3.63, 3.8) is 0 Å². The molecule has 0 saturated carbocycles. The van der Waals surface area contributed by atoms with Gasteiger partial charge in [-0.05, 0) is 44.0 Å². The minimum absolute atomic E-state index is 0. The second kappa shape index (κ2) is 6.55. The third kappa shape index (κ3) is 3.38. The van der Waals surface area contributed by atoms with Gasteiger partial charge in [0.2, 0.25) is 5.91 Å². The minimum atomic E-state index is -0.499. The van der Waals surface area contributed by atoms with Crippen LogP contribution >= 0.6 is 24.0 Å². The molecule has 1 amide bonds. The molecule has 0 aromatic heterocycles. The van der Waals surface area contributed by atoms with Crippen LogP contribution in [0, 0.1) is 5.82 Å². The Morgan fingerprint density at radius 3 is 2.84 bits per heavy atom. The van der Waals surface area contributed by atoms with Crippen LogP contribution in [-0.2, 0) is 4.79 Å². The van der Waals surface area contributed by atoms with Gasteiger partial charge in [-0.2, -0.15) is 0 Å². The molecule has 0 bridgehead atoms. The van der Waals surface area contributed by atoms with Crippen LogP contribution in [0.25, 0.3) is 0 Å². The van der Waals surface area contributed by atoms with Crippen molar-refractivity contribution in [1.29, 1.82) is 0 Å². The van der Waals surface area contributed by atoms with Crippen LogP contribution in [-0.4, -0.2) is 18.0 Å². The van der Waals surface area contributed by atoms with Crippen LogP contribution in [0.4, 0.5) is 10.1 Å². The Morgan fingerprint density at radius 1 is 1.58 bits per heavy atom. The highest BCUT2D eigenvalue weighted by atomic mass is 35.5. The third-order valence-electron chi connectivity index (χ3n) is 3.46. The fourth-order valence-corrected chi connectivity index (χ4v) is 2.47. The van der Waals surface area contributed by atoms with E-state index in [1.165, 1.54) is 18.2 Å². The molecule has 2 N–H and O–H groups in total. The van der Waals surface area contributed by atoms with Crippen LogP contribution in [0.1, 0.15) is 26.2 Å². The third-order valence-corrected chi connectivity index (χ3v) is 3.75. The molecule has 1 aliphatic rings. The van der Waals surface area contributed by atoms with Crippen molar-refractivity contribution in [3.8, 4) is 0 Å². The van der Waals surface area contributed by atoms with Gasteiger partial charge in [0.1, 0.15) is 5.82 Å². The summed E-state index contributed by atoms with van der Waals surface area (Å²) in [6.07, 6.45) is 2.55. The Kier molecular flexibility index (Phi) is 5.59. The van der Waals surface area contributed by atoms with Crippen LogP contribution < -0.4 is 10.6 Å². The van der Waals surface area contributed by atoms with E-state index in [0.29, 0.717) is 5.69 Å². The molecule has 1 heterocycles. The van der Waals surface area contributed by atoms with Crippen LogP contribution in [0.2, 0.25) is 5.02 Å². The van der Waals surface area contributed by atoms with Gasteiger partial charge in [-0.15, -0.1) is 12.4 Å². The van der Waals surface area contributed by atoms with Gasteiger partial charge in [0, 0.05) is 5.69 Å². The highest BCUT2D eigenvalue weighted by Crippen LogP contribution is 2.26. The van der Waals surface area contributed by atoms with Crippen molar-refractivity contribution < 1.29 is 9.18 Å². The molecular formula is C13H17Cl2FN2O. The summed E-state index contributed by atoms with van der Waals surface area (Å²) in [5.41, 5.74) is 0.0221. The first kappa shape index (κ1) is 16.2. The van der Waals surface area contributed by atoms with Crippen molar-refractivity contribution >= 4 is 35.6 Å². The number of hydrogen-bond donors (Lipinski definition) is 2. The van der Waals surface area contributed by atoms with Crippen molar-refractivity contribution in [3.05, 3.63) is 29.0 Å². The number of rotatable bonds is 3. The lowest BCUT2D eigenvalue weighted by Crippen LogP contribution is -2.50. The summed E-state index contributed by atoms with van der Waals surface area (Å²) in [4.78, 5) is 12.3. The van der Waals surface area contributed by atoms with E-state index in [1.54, 1.807) is 0 Å². The van der Waals surface area contributed by atoms with Crippen LogP contribution in [0.5, 0.6) is 0 Å². The molecule has 1 aromatic carbocycles. The molecule has 1 saturated heterocycles. The van der Waals surface area contributed by atoms with Gasteiger partial charge in [-0.3, -0.25) is 4.79 Å². The quantitative estimate of drug-likeness (QED) is 0.899. The molecule has 0 aliphatic carbocycles. The Morgan fingerprint density at radius 2 is 2.32 bits per heavy atom. The maximum atomic E-state index is 13.0. The molecular weight excluding hydrogens is 290 g/mol. The first-order valence-corrected chi connectivity index (χ1v) is 6.47. The fourth-order valence-electron chi connectivity index (χ4n) is 2.29. The van der Waals surface area contributed by atoms with Crippen molar-refractivity contribution in [2.24, 2.45) is 0 Å². The first-order valence-electron chi connectivity index (χ1n) is 6.09. The number of amides is 1. The normalized spacial score (nSPS) is 21.8. The Bertz CT molecular complexity index is 462. The van der Waals surface area contributed by atoms with Gasteiger partial charge in [0.15, 0.2) is 0 Å². The largest absolute Gasteiger partial charge is 0.324 e. The van der Waals surface area contributed by atoms with Crippen molar-refractivity contribution in [1.82, 2.24) is 5.32 Å². The molecule has 0 spiro atoms. The molecule has 6 heteroatoms. The van der Waals surface area contributed by atoms with Crippen molar-refractivity contribution in [2.75, 3.05) is 11.9 Å². The SMILES string of the molecule is CCC1(C(=O)Nc2ccc(F)c(Cl)c2)CCCN1.Cl. The van der Waals surface area contributed by atoms with Gasteiger partial charge in [0.25, 0.3) is 0 Å². The summed E-state index contributed by atoms with van der Waals surface area (Å²) in [5, 5.41) is 6.05. The number of hydrogen-bond acceptors (Lipinski definition) is 2. The summed E-state index contributed by atoms with van der Waals surface area (Å²) in [5.74, 6) is -0.566. The van der Waals surface area contributed by atoms with E-state index >= 15 is 0 Å². The summed E-state index contributed by atoms with van der Waals surface area (Å²) in [7, 11) is 0. The molecule has 1 fully saturated rings. The topological polar surface area (TPSA) is 41.1 Å². The van der Waals surface area contributed by atoms with Crippen LogP contribution in [0.15, 0.2) is 18.2 Å². The van der Waals surface area contributed by atoms with E-state index in [2.05, 4.69) is 10.6 Å². The summed E-state index contributed by atoms with van der Waals surface area (Å²) >= 11 is 5.68. The summed E-state index contributed by atoms with van der Waals surface area (Å²) < 4.78 is 13.0. The molecule has 1 atom stereocenters. The maximum absolute atomic E-state index is 13.0. The lowest BCUT2D eigenvalue weighted by atomic mass is 9.93. The number of anilines is 1. The molecule has 1 unspecified atom stereocenters. The average Bonchev–Trinajstić information content (AvgIpc) is 2.84.